The number of benzene rings is 2. The van der Waals surface area contributed by atoms with E-state index >= 15 is 0 Å². The van der Waals surface area contributed by atoms with Crippen molar-refractivity contribution in [2.45, 2.75) is 32.4 Å². The molecule has 1 amide bonds. The predicted molar refractivity (Wildman–Crippen MR) is 103 cm³/mol. The molecule has 0 saturated carbocycles. The summed E-state index contributed by atoms with van der Waals surface area (Å²) >= 11 is 0. The minimum absolute atomic E-state index is 0.0898. The van der Waals surface area contributed by atoms with Gasteiger partial charge in [-0.15, -0.1) is 0 Å². The molecule has 28 heavy (non-hydrogen) atoms. The third-order valence-electron chi connectivity index (χ3n) is 4.04. The predicted octanol–water partition coefficient (Wildman–Crippen LogP) is 4.15. The number of ether oxygens (including phenoxy) is 2. The first kappa shape index (κ1) is 21.2. The number of nitrogens with one attached hydrogen (secondary N) is 1. The van der Waals surface area contributed by atoms with Crippen molar-refractivity contribution >= 4 is 12.0 Å². The second-order valence-electron chi connectivity index (χ2n) is 6.21. The van der Waals surface area contributed by atoms with Crippen LogP contribution in [0.5, 0.6) is 17.2 Å². The number of aromatic hydroxyl groups is 1. The smallest absolute Gasteiger partial charge is 0.387 e. The van der Waals surface area contributed by atoms with Gasteiger partial charge in [0.2, 0.25) is 5.91 Å². The molecule has 0 fully saturated rings. The van der Waals surface area contributed by atoms with Crippen molar-refractivity contribution in [1.29, 1.82) is 0 Å². The van der Waals surface area contributed by atoms with Crippen LogP contribution in [0.1, 0.15) is 24.5 Å². The van der Waals surface area contributed by atoms with Crippen molar-refractivity contribution in [3.63, 3.8) is 0 Å². The maximum atomic E-state index is 12.6. The number of carbonyl (C=O) groups is 1. The number of halogens is 2. The summed E-state index contributed by atoms with van der Waals surface area (Å²) in [4.78, 5) is 12.1. The third-order valence-corrected chi connectivity index (χ3v) is 4.04. The van der Waals surface area contributed by atoms with E-state index in [1.165, 1.54) is 25.3 Å². The van der Waals surface area contributed by atoms with Crippen LogP contribution in [0.4, 0.5) is 8.78 Å². The van der Waals surface area contributed by atoms with Gasteiger partial charge in [-0.05, 0) is 49.6 Å². The van der Waals surface area contributed by atoms with Crippen molar-refractivity contribution < 1.29 is 28.2 Å². The first-order valence-corrected chi connectivity index (χ1v) is 8.77. The summed E-state index contributed by atoms with van der Waals surface area (Å²) in [6, 6.07) is 11.5. The average molecular weight is 391 g/mol. The van der Waals surface area contributed by atoms with Gasteiger partial charge in [-0.3, -0.25) is 4.79 Å². The molecule has 1 unspecified atom stereocenters. The van der Waals surface area contributed by atoms with Crippen LogP contribution >= 0.6 is 0 Å². The van der Waals surface area contributed by atoms with Gasteiger partial charge >= 0.3 is 6.61 Å². The van der Waals surface area contributed by atoms with Crippen LogP contribution in [0.2, 0.25) is 0 Å². The van der Waals surface area contributed by atoms with E-state index in [1.54, 1.807) is 24.3 Å². The van der Waals surface area contributed by atoms with Crippen molar-refractivity contribution in [2.24, 2.45) is 0 Å². The van der Waals surface area contributed by atoms with E-state index in [4.69, 9.17) is 4.74 Å². The summed E-state index contributed by atoms with van der Waals surface area (Å²) in [7, 11) is 1.35. The number of aryl methyl sites for hydroxylation is 1. The molecule has 150 valence electrons. The summed E-state index contributed by atoms with van der Waals surface area (Å²) in [6.45, 7) is -1.12. The molecule has 0 spiro atoms. The van der Waals surface area contributed by atoms with E-state index in [9.17, 15) is 18.7 Å². The third kappa shape index (κ3) is 6.57. The van der Waals surface area contributed by atoms with Gasteiger partial charge < -0.3 is 19.9 Å². The summed E-state index contributed by atoms with van der Waals surface area (Å²) in [5.41, 5.74) is 1.37. The fourth-order valence-corrected chi connectivity index (χ4v) is 2.61. The summed E-state index contributed by atoms with van der Waals surface area (Å²) in [5, 5.41) is 12.1. The fraction of sp³-hybridized carbons (Fsp3) is 0.286. The highest BCUT2D eigenvalue weighted by Crippen LogP contribution is 2.33. The van der Waals surface area contributed by atoms with Crippen molar-refractivity contribution in [3.05, 3.63) is 59.7 Å². The van der Waals surface area contributed by atoms with Crippen LogP contribution in [0.15, 0.2) is 48.5 Å². The van der Waals surface area contributed by atoms with Crippen LogP contribution in [-0.4, -0.2) is 30.8 Å². The summed E-state index contributed by atoms with van der Waals surface area (Å²) in [6.07, 6.45) is 4.13. The zero-order chi connectivity index (χ0) is 20.5. The molecule has 2 aromatic rings. The zero-order valence-corrected chi connectivity index (χ0v) is 15.7. The Hall–Kier alpha value is -3.09. The van der Waals surface area contributed by atoms with Gasteiger partial charge in [0.25, 0.3) is 0 Å². The van der Waals surface area contributed by atoms with Crippen molar-refractivity contribution in [3.8, 4) is 17.2 Å². The van der Waals surface area contributed by atoms with Gasteiger partial charge in [-0.25, -0.2) is 0 Å². The molecule has 2 aromatic carbocycles. The number of para-hydroxylation sites is 1. The van der Waals surface area contributed by atoms with E-state index in [1.807, 2.05) is 19.1 Å². The van der Waals surface area contributed by atoms with E-state index < -0.39 is 6.61 Å². The van der Waals surface area contributed by atoms with Gasteiger partial charge in [0, 0.05) is 17.7 Å². The molecular formula is C21H23F2NO4. The summed E-state index contributed by atoms with van der Waals surface area (Å²) in [5.74, 6) is -0.0958. The molecular weight excluding hydrogens is 368 g/mol. The lowest BCUT2D eigenvalue weighted by Crippen LogP contribution is -2.31. The largest absolute Gasteiger partial charge is 0.508 e. The van der Waals surface area contributed by atoms with Gasteiger partial charge in [0.1, 0.15) is 5.75 Å². The van der Waals surface area contributed by atoms with Gasteiger partial charge in [-0.1, -0.05) is 24.3 Å². The minimum atomic E-state index is -3.00. The van der Waals surface area contributed by atoms with Crippen LogP contribution in [0, 0.1) is 0 Å². The number of carbonyl (C=O) groups excluding carboxylic acids is 1. The molecule has 2 rings (SSSR count). The Morgan fingerprint density at radius 2 is 1.93 bits per heavy atom. The maximum Gasteiger partial charge on any atom is 0.387 e. The molecule has 0 saturated heterocycles. The number of phenolic OH excluding ortho intramolecular Hbond substituents is 1. The molecule has 7 heteroatoms. The van der Waals surface area contributed by atoms with Gasteiger partial charge in [0.05, 0.1) is 7.11 Å². The van der Waals surface area contributed by atoms with E-state index in [0.29, 0.717) is 12.0 Å². The molecule has 0 aliphatic heterocycles. The quantitative estimate of drug-likeness (QED) is 0.630. The highest BCUT2D eigenvalue weighted by Gasteiger charge is 2.14. The average Bonchev–Trinajstić information content (AvgIpc) is 2.66. The normalized spacial score (nSPS) is 12.2. The monoisotopic (exact) mass is 391 g/mol. The number of hydrogen-bond acceptors (Lipinski definition) is 4. The van der Waals surface area contributed by atoms with E-state index in [0.717, 1.165) is 12.0 Å². The number of alkyl halides is 2. The number of methoxy groups -OCH3 is 1. The number of hydrogen-bond donors (Lipinski definition) is 2. The van der Waals surface area contributed by atoms with Gasteiger partial charge in [-0.2, -0.15) is 8.78 Å². The highest BCUT2D eigenvalue weighted by molar-refractivity contribution is 5.92. The topological polar surface area (TPSA) is 67.8 Å². The van der Waals surface area contributed by atoms with E-state index in [-0.39, 0.29) is 29.2 Å². The van der Waals surface area contributed by atoms with Crippen LogP contribution in [-0.2, 0) is 11.2 Å². The maximum absolute atomic E-state index is 12.6. The Kier molecular flexibility index (Phi) is 7.80. The SMILES string of the molecule is COc1cccc(C=CC(=O)NC(C)CCc2ccc(O)cc2)c1OC(F)F. The van der Waals surface area contributed by atoms with Crippen LogP contribution in [0.3, 0.4) is 0 Å². The number of phenols is 1. The Morgan fingerprint density at radius 1 is 1.21 bits per heavy atom. The summed E-state index contributed by atoms with van der Waals surface area (Å²) < 4.78 is 34.8. The second kappa shape index (κ2) is 10.3. The molecule has 1 atom stereocenters. The van der Waals surface area contributed by atoms with Gasteiger partial charge in [0.15, 0.2) is 11.5 Å². The number of amides is 1. The first-order chi connectivity index (χ1) is 13.4. The number of rotatable bonds is 9. The molecule has 0 aliphatic carbocycles. The Labute approximate surface area is 162 Å². The molecule has 0 heterocycles. The highest BCUT2D eigenvalue weighted by atomic mass is 19.3. The molecule has 5 nitrogen and oxygen atoms in total. The molecule has 2 N–H and O–H groups in total. The lowest BCUT2D eigenvalue weighted by Gasteiger charge is -2.13. The molecule has 0 bridgehead atoms. The standard InChI is InChI=1S/C21H23F2NO4/c1-14(6-7-15-8-11-17(25)12-9-15)24-19(26)13-10-16-4-3-5-18(27-2)20(16)28-21(22)23/h3-5,8-14,21,25H,6-7H2,1-2H3,(H,24,26). The Morgan fingerprint density at radius 3 is 2.57 bits per heavy atom. The minimum Gasteiger partial charge on any atom is -0.508 e. The Bertz CT molecular complexity index is 807. The lowest BCUT2D eigenvalue weighted by atomic mass is 10.1. The zero-order valence-electron chi connectivity index (χ0n) is 15.7. The fourth-order valence-electron chi connectivity index (χ4n) is 2.61. The molecule has 0 aliphatic rings. The van der Waals surface area contributed by atoms with Crippen molar-refractivity contribution in [2.75, 3.05) is 7.11 Å². The molecule has 0 radical (unpaired) electrons. The lowest BCUT2D eigenvalue weighted by molar-refractivity contribution is -0.117. The van der Waals surface area contributed by atoms with Crippen LogP contribution in [0.25, 0.3) is 6.08 Å². The Balaban J connectivity index is 1.94. The van der Waals surface area contributed by atoms with Crippen LogP contribution < -0.4 is 14.8 Å². The van der Waals surface area contributed by atoms with E-state index in [2.05, 4.69) is 10.1 Å². The molecule has 0 aromatic heterocycles. The second-order valence-corrected chi connectivity index (χ2v) is 6.21. The first-order valence-electron chi connectivity index (χ1n) is 8.77. The van der Waals surface area contributed by atoms with Crippen molar-refractivity contribution in [1.82, 2.24) is 5.32 Å².